The van der Waals surface area contributed by atoms with Crippen molar-refractivity contribution >= 4 is 40.2 Å². The number of hydrogen-bond acceptors (Lipinski definition) is 2. The number of nitrogens with zero attached hydrogens (tertiary/aromatic N) is 1. The molecule has 0 N–H and O–H groups in total. The smallest absolute Gasteiger partial charge is 0.257 e. The summed E-state index contributed by atoms with van der Waals surface area (Å²) in [5.41, 5.74) is 16.0. The Kier molecular flexibility index (Phi) is 6.95. The van der Waals surface area contributed by atoms with E-state index in [1.807, 2.05) is 0 Å². The van der Waals surface area contributed by atoms with Crippen molar-refractivity contribution in [3.63, 3.8) is 0 Å². The van der Waals surface area contributed by atoms with Crippen molar-refractivity contribution in [3.05, 3.63) is 166 Å². The molecule has 9 rings (SSSR count). The van der Waals surface area contributed by atoms with Crippen LogP contribution < -0.4 is 26.0 Å². The Hall–Kier alpha value is -5.02. The van der Waals surface area contributed by atoms with Crippen LogP contribution in [0.5, 0.6) is 11.5 Å². The molecule has 0 saturated heterocycles. The van der Waals surface area contributed by atoms with Gasteiger partial charge in [-0.3, -0.25) is 0 Å². The van der Waals surface area contributed by atoms with E-state index < -0.39 is 5.41 Å². The number of ether oxygens (including phenoxy) is 1. The fraction of sp³-hybridized carbons (Fsp3) is 0.265. The molecule has 258 valence electrons. The van der Waals surface area contributed by atoms with Crippen LogP contribution in [0.15, 0.2) is 127 Å². The van der Waals surface area contributed by atoms with Crippen molar-refractivity contribution in [3.8, 4) is 11.5 Å². The van der Waals surface area contributed by atoms with Gasteiger partial charge in [0, 0.05) is 17.1 Å². The number of anilines is 3. The summed E-state index contributed by atoms with van der Waals surface area (Å²) in [4.78, 5) is 2.54. The van der Waals surface area contributed by atoms with Crippen molar-refractivity contribution < 1.29 is 4.74 Å². The molecular weight excluding hydrogens is 629 g/mol. The summed E-state index contributed by atoms with van der Waals surface area (Å²) in [6, 6.07) is 48.2. The highest BCUT2D eigenvalue weighted by Gasteiger charge is 2.55. The Morgan fingerprint density at radius 1 is 0.462 bits per heavy atom. The van der Waals surface area contributed by atoms with Crippen molar-refractivity contribution in [1.29, 1.82) is 0 Å². The van der Waals surface area contributed by atoms with Crippen LogP contribution in [0.3, 0.4) is 0 Å². The van der Waals surface area contributed by atoms with E-state index in [0.717, 1.165) is 11.5 Å². The molecule has 3 aliphatic rings. The third kappa shape index (κ3) is 4.64. The second-order valence-corrected chi connectivity index (χ2v) is 18.2. The lowest BCUT2D eigenvalue weighted by molar-refractivity contribution is 0.481. The zero-order chi connectivity index (χ0) is 36.4. The molecule has 6 aromatic rings. The zero-order valence-electron chi connectivity index (χ0n) is 32.1. The highest BCUT2D eigenvalue weighted by Crippen LogP contribution is 2.53. The van der Waals surface area contributed by atoms with Crippen molar-refractivity contribution in [2.24, 2.45) is 0 Å². The molecule has 0 amide bonds. The van der Waals surface area contributed by atoms with E-state index in [0.29, 0.717) is 0 Å². The number of hydrogen-bond donors (Lipinski definition) is 0. The second kappa shape index (κ2) is 11.0. The lowest BCUT2D eigenvalue weighted by atomic mass is 9.28. The first kappa shape index (κ1) is 32.9. The molecule has 2 nitrogen and oxygen atoms in total. The third-order valence-electron chi connectivity index (χ3n) is 11.8. The van der Waals surface area contributed by atoms with Crippen LogP contribution in [0, 0.1) is 0 Å². The molecular formula is C49H48BNO. The maximum Gasteiger partial charge on any atom is 0.257 e. The van der Waals surface area contributed by atoms with E-state index in [1.165, 1.54) is 72.4 Å². The molecule has 6 aromatic carbocycles. The van der Waals surface area contributed by atoms with Gasteiger partial charge >= 0.3 is 0 Å². The molecule has 0 aliphatic carbocycles. The van der Waals surface area contributed by atoms with E-state index in [2.05, 4.69) is 195 Å². The van der Waals surface area contributed by atoms with Gasteiger partial charge < -0.3 is 9.64 Å². The summed E-state index contributed by atoms with van der Waals surface area (Å²) in [6.45, 7) is 20.9. The molecule has 0 atom stereocenters. The summed E-state index contributed by atoms with van der Waals surface area (Å²) in [5.74, 6) is 1.93. The molecule has 0 radical (unpaired) electrons. The predicted molar refractivity (Wildman–Crippen MR) is 220 cm³/mol. The Morgan fingerprint density at radius 2 is 0.981 bits per heavy atom. The number of rotatable bonds is 3. The van der Waals surface area contributed by atoms with Crippen LogP contribution in [0.1, 0.15) is 101 Å². The zero-order valence-corrected chi connectivity index (χ0v) is 32.1. The first-order valence-corrected chi connectivity index (χ1v) is 18.9. The molecule has 3 aliphatic heterocycles. The topological polar surface area (TPSA) is 12.5 Å². The van der Waals surface area contributed by atoms with Crippen LogP contribution in [0.4, 0.5) is 17.1 Å². The fourth-order valence-electron chi connectivity index (χ4n) is 9.11. The summed E-state index contributed by atoms with van der Waals surface area (Å²) in [5, 5.41) is 0. The molecule has 0 aromatic heterocycles. The summed E-state index contributed by atoms with van der Waals surface area (Å²) >= 11 is 0. The third-order valence-corrected chi connectivity index (χ3v) is 11.8. The average molecular weight is 678 g/mol. The molecule has 3 heteroatoms. The van der Waals surface area contributed by atoms with Crippen LogP contribution in [-0.4, -0.2) is 6.71 Å². The Labute approximate surface area is 310 Å². The minimum absolute atomic E-state index is 0.0158. The fourth-order valence-corrected chi connectivity index (χ4v) is 9.11. The van der Waals surface area contributed by atoms with Gasteiger partial charge in [-0.1, -0.05) is 153 Å². The van der Waals surface area contributed by atoms with Crippen LogP contribution in [-0.2, 0) is 21.7 Å². The molecule has 0 unspecified atom stereocenters. The van der Waals surface area contributed by atoms with E-state index in [1.54, 1.807) is 0 Å². The van der Waals surface area contributed by atoms with E-state index >= 15 is 0 Å². The van der Waals surface area contributed by atoms with Crippen molar-refractivity contribution in [2.75, 3.05) is 4.90 Å². The SMILES string of the molecule is CC(C)(C)c1cc(N2c3cccc4c3B3c5c(cc(C(C)(C)C)cc5C(c5ccccc5)(c5ccccc5)c5cccc2c53)O4)cc(C(C)(C)C)c1. The standard InChI is InChI=1S/C49H48BNO/c1-46(2,3)33-26-34(47(4,5)6)28-36(27-33)51-39-23-16-22-37-43(39)50-44-38(49(37,31-18-12-10-13-19-31)32-20-14-11-15-21-32)29-35(48(7,8)9)30-42(44)52-41-25-17-24-40(51)45(41)50/h10-30H,1-9H3. The van der Waals surface area contributed by atoms with E-state index in [4.69, 9.17) is 4.74 Å². The van der Waals surface area contributed by atoms with Gasteiger partial charge in [0.1, 0.15) is 11.5 Å². The van der Waals surface area contributed by atoms with Crippen LogP contribution in [0.25, 0.3) is 0 Å². The molecule has 0 saturated carbocycles. The van der Waals surface area contributed by atoms with Gasteiger partial charge in [0.2, 0.25) is 0 Å². The normalized spacial score (nSPS) is 15.2. The van der Waals surface area contributed by atoms with Crippen molar-refractivity contribution in [1.82, 2.24) is 0 Å². The molecule has 0 bridgehead atoms. The van der Waals surface area contributed by atoms with Gasteiger partial charge in [-0.05, 0) is 108 Å². The van der Waals surface area contributed by atoms with Gasteiger partial charge in [-0.25, -0.2) is 0 Å². The Balaban J connectivity index is 1.46. The molecule has 0 fully saturated rings. The monoisotopic (exact) mass is 677 g/mol. The molecule has 3 heterocycles. The van der Waals surface area contributed by atoms with Gasteiger partial charge in [-0.15, -0.1) is 0 Å². The lowest BCUT2D eigenvalue weighted by Crippen LogP contribution is -2.67. The minimum atomic E-state index is -0.571. The van der Waals surface area contributed by atoms with Crippen LogP contribution >= 0.6 is 0 Å². The van der Waals surface area contributed by atoms with Crippen molar-refractivity contribution in [2.45, 2.75) is 84.0 Å². The maximum atomic E-state index is 7.16. The van der Waals surface area contributed by atoms with Crippen LogP contribution in [0.2, 0.25) is 0 Å². The summed E-state index contributed by atoms with van der Waals surface area (Å²) in [7, 11) is 0. The van der Waals surface area contributed by atoms with E-state index in [9.17, 15) is 0 Å². The summed E-state index contributed by atoms with van der Waals surface area (Å²) < 4.78 is 7.16. The Morgan fingerprint density at radius 3 is 1.54 bits per heavy atom. The van der Waals surface area contributed by atoms with Gasteiger partial charge in [0.15, 0.2) is 0 Å². The summed E-state index contributed by atoms with van der Waals surface area (Å²) in [6.07, 6.45) is 0. The minimum Gasteiger partial charge on any atom is -0.458 e. The largest absolute Gasteiger partial charge is 0.458 e. The van der Waals surface area contributed by atoms with Gasteiger partial charge in [0.25, 0.3) is 6.71 Å². The highest BCUT2D eigenvalue weighted by atomic mass is 16.5. The number of benzene rings is 6. The first-order chi connectivity index (χ1) is 24.7. The average Bonchev–Trinajstić information content (AvgIpc) is 3.11. The Bertz CT molecular complexity index is 2320. The van der Waals surface area contributed by atoms with E-state index in [-0.39, 0.29) is 23.0 Å². The first-order valence-electron chi connectivity index (χ1n) is 18.9. The maximum absolute atomic E-state index is 7.16. The molecule has 52 heavy (non-hydrogen) atoms. The lowest BCUT2D eigenvalue weighted by Gasteiger charge is -2.50. The van der Waals surface area contributed by atoms with Gasteiger partial charge in [-0.2, -0.15) is 0 Å². The highest BCUT2D eigenvalue weighted by molar-refractivity contribution is 7.00. The second-order valence-electron chi connectivity index (χ2n) is 18.2. The molecule has 0 spiro atoms. The predicted octanol–water partition coefficient (Wildman–Crippen LogP) is 10.7. The van der Waals surface area contributed by atoms with Gasteiger partial charge in [0.05, 0.1) is 5.41 Å². The quantitative estimate of drug-likeness (QED) is 0.173.